The smallest absolute Gasteiger partial charge is 0.229 e. The molecule has 2 N–H and O–H groups in total. The van der Waals surface area contributed by atoms with Crippen LogP contribution < -0.4 is 5.32 Å². The molecule has 2 aliphatic rings. The number of aromatic amines is 1. The van der Waals surface area contributed by atoms with E-state index in [1.807, 2.05) is 24.3 Å². The first-order valence-corrected chi connectivity index (χ1v) is 13.4. The maximum atomic E-state index is 13.2. The number of para-hydroxylation sites is 2. The van der Waals surface area contributed by atoms with Crippen LogP contribution in [-0.4, -0.2) is 47.9 Å². The van der Waals surface area contributed by atoms with E-state index in [9.17, 15) is 13.2 Å². The van der Waals surface area contributed by atoms with Crippen molar-refractivity contribution in [3.05, 3.63) is 34.7 Å². The summed E-state index contributed by atoms with van der Waals surface area (Å²) in [5, 5.41) is 3.98. The van der Waals surface area contributed by atoms with Gasteiger partial charge in [0.1, 0.15) is 10.8 Å². The summed E-state index contributed by atoms with van der Waals surface area (Å²) in [5.41, 5.74) is 4.16. The Hall–Kier alpha value is -2.23. The largest absolute Gasteiger partial charge is 0.338 e. The van der Waals surface area contributed by atoms with Crippen LogP contribution in [0.25, 0.3) is 22.4 Å². The highest BCUT2D eigenvalue weighted by molar-refractivity contribution is 7.88. The van der Waals surface area contributed by atoms with E-state index in [-0.39, 0.29) is 18.4 Å². The number of anilines is 1. The first-order chi connectivity index (χ1) is 14.9. The van der Waals surface area contributed by atoms with Gasteiger partial charge < -0.3 is 10.3 Å². The van der Waals surface area contributed by atoms with Crippen LogP contribution in [0.2, 0.25) is 0 Å². The number of hydrogen-bond acceptors (Lipinski definition) is 5. The normalized spacial score (nSPS) is 20.0. The zero-order valence-corrected chi connectivity index (χ0v) is 19.1. The highest BCUT2D eigenvalue weighted by atomic mass is 32.2. The first kappa shape index (κ1) is 20.7. The van der Waals surface area contributed by atoms with Gasteiger partial charge in [-0.15, -0.1) is 11.3 Å². The Morgan fingerprint density at radius 3 is 2.84 bits per heavy atom. The third kappa shape index (κ3) is 4.02. The van der Waals surface area contributed by atoms with E-state index in [0.29, 0.717) is 19.4 Å². The standard InChI is InChI=1S/C22H26N4O3S2/c1-31(28,29)26-12-6-7-14(13-26)21(27)25-22-19(15-8-2-5-11-18(15)30-22)20-23-16-9-3-4-10-17(16)24-20/h3-4,9-10,14H,2,5-8,11-13H2,1H3,(H,23,24)(H,25,27). The molecule has 1 fully saturated rings. The van der Waals surface area contributed by atoms with Gasteiger partial charge in [-0.05, 0) is 56.2 Å². The minimum atomic E-state index is -3.29. The molecule has 3 heterocycles. The number of H-pyrrole nitrogens is 1. The van der Waals surface area contributed by atoms with Gasteiger partial charge in [0.15, 0.2) is 0 Å². The van der Waals surface area contributed by atoms with E-state index >= 15 is 0 Å². The Labute approximate surface area is 185 Å². The first-order valence-electron chi connectivity index (χ1n) is 10.8. The van der Waals surface area contributed by atoms with E-state index in [0.717, 1.165) is 53.1 Å². The van der Waals surface area contributed by atoms with Gasteiger partial charge in [-0.1, -0.05) is 12.1 Å². The molecular formula is C22H26N4O3S2. The van der Waals surface area contributed by atoms with E-state index < -0.39 is 10.0 Å². The summed E-state index contributed by atoms with van der Waals surface area (Å²) >= 11 is 1.64. The number of aromatic nitrogens is 2. The molecule has 1 amide bonds. The van der Waals surface area contributed by atoms with Gasteiger partial charge in [0.05, 0.1) is 28.8 Å². The average molecular weight is 459 g/mol. The summed E-state index contributed by atoms with van der Waals surface area (Å²) in [6.07, 6.45) is 6.90. The van der Waals surface area contributed by atoms with Crippen LogP contribution in [0.15, 0.2) is 24.3 Å². The fraction of sp³-hybridized carbons (Fsp3) is 0.455. The van der Waals surface area contributed by atoms with Gasteiger partial charge in [0, 0.05) is 18.0 Å². The lowest BCUT2D eigenvalue weighted by molar-refractivity contribution is -0.120. The average Bonchev–Trinajstić information content (AvgIpc) is 3.33. The topological polar surface area (TPSA) is 95.2 Å². The molecule has 1 unspecified atom stereocenters. The molecular weight excluding hydrogens is 432 g/mol. The van der Waals surface area contributed by atoms with Crippen molar-refractivity contribution >= 4 is 43.3 Å². The summed E-state index contributed by atoms with van der Waals surface area (Å²) in [4.78, 5) is 22.7. The van der Waals surface area contributed by atoms with Crippen LogP contribution in [0.4, 0.5) is 5.00 Å². The van der Waals surface area contributed by atoms with Crippen molar-refractivity contribution in [2.24, 2.45) is 5.92 Å². The minimum Gasteiger partial charge on any atom is -0.338 e. The lowest BCUT2D eigenvalue weighted by Gasteiger charge is -2.30. The fourth-order valence-corrected chi connectivity index (χ4v) is 6.85. The minimum absolute atomic E-state index is 0.107. The van der Waals surface area contributed by atoms with E-state index in [1.54, 1.807) is 11.3 Å². The second-order valence-corrected chi connectivity index (χ2v) is 11.6. The van der Waals surface area contributed by atoms with Gasteiger partial charge in [0.2, 0.25) is 15.9 Å². The van der Waals surface area contributed by atoms with Crippen LogP contribution in [0.3, 0.4) is 0 Å². The van der Waals surface area contributed by atoms with Gasteiger partial charge >= 0.3 is 0 Å². The van der Waals surface area contributed by atoms with Gasteiger partial charge in [-0.25, -0.2) is 17.7 Å². The molecule has 7 nitrogen and oxygen atoms in total. The lowest BCUT2D eigenvalue weighted by Crippen LogP contribution is -2.43. The van der Waals surface area contributed by atoms with E-state index in [1.165, 1.54) is 21.0 Å². The zero-order chi connectivity index (χ0) is 21.6. The van der Waals surface area contributed by atoms with Crippen molar-refractivity contribution in [1.29, 1.82) is 0 Å². The molecule has 2 aromatic heterocycles. The molecule has 1 aliphatic heterocycles. The summed E-state index contributed by atoms with van der Waals surface area (Å²) in [6, 6.07) is 7.93. The zero-order valence-electron chi connectivity index (χ0n) is 17.5. The van der Waals surface area contributed by atoms with Gasteiger partial charge in [-0.2, -0.15) is 0 Å². The van der Waals surface area contributed by atoms with Crippen LogP contribution in [0.1, 0.15) is 36.1 Å². The molecule has 1 aliphatic carbocycles. The number of piperidine rings is 1. The Morgan fingerprint density at radius 1 is 1.23 bits per heavy atom. The number of thiophene rings is 1. The molecule has 164 valence electrons. The third-order valence-electron chi connectivity index (χ3n) is 6.26. The van der Waals surface area contributed by atoms with Crippen LogP contribution in [-0.2, 0) is 27.7 Å². The number of nitrogens with zero attached hydrogens (tertiary/aromatic N) is 2. The molecule has 0 radical (unpaired) electrons. The van der Waals surface area contributed by atoms with E-state index in [2.05, 4.69) is 10.3 Å². The maximum Gasteiger partial charge on any atom is 0.229 e. The monoisotopic (exact) mass is 458 g/mol. The predicted molar refractivity (Wildman–Crippen MR) is 124 cm³/mol. The highest BCUT2D eigenvalue weighted by Crippen LogP contribution is 2.44. The summed E-state index contributed by atoms with van der Waals surface area (Å²) < 4.78 is 25.3. The number of benzene rings is 1. The summed E-state index contributed by atoms with van der Waals surface area (Å²) in [5.74, 6) is 0.341. The number of hydrogen-bond donors (Lipinski definition) is 2. The van der Waals surface area contributed by atoms with Crippen LogP contribution >= 0.6 is 11.3 Å². The van der Waals surface area contributed by atoms with Crippen molar-refractivity contribution in [2.45, 2.75) is 38.5 Å². The quantitative estimate of drug-likeness (QED) is 0.622. The molecule has 31 heavy (non-hydrogen) atoms. The number of aryl methyl sites for hydroxylation is 1. The van der Waals surface area contributed by atoms with Crippen molar-refractivity contribution in [3.63, 3.8) is 0 Å². The molecule has 0 spiro atoms. The molecule has 0 saturated carbocycles. The fourth-order valence-electron chi connectivity index (χ4n) is 4.65. The second kappa shape index (κ2) is 8.03. The number of carbonyl (C=O) groups excluding carboxylic acids is 1. The Bertz CT molecular complexity index is 1210. The molecule has 0 bridgehead atoms. The van der Waals surface area contributed by atoms with Crippen LogP contribution in [0, 0.1) is 5.92 Å². The predicted octanol–water partition coefficient (Wildman–Crippen LogP) is 3.78. The molecule has 1 saturated heterocycles. The van der Waals surface area contributed by atoms with Gasteiger partial charge in [-0.3, -0.25) is 4.79 Å². The summed E-state index contributed by atoms with van der Waals surface area (Å²) in [6.45, 7) is 0.732. The molecule has 9 heteroatoms. The molecule has 5 rings (SSSR count). The number of nitrogens with one attached hydrogen (secondary N) is 2. The number of sulfonamides is 1. The van der Waals surface area contributed by atoms with E-state index in [4.69, 9.17) is 4.98 Å². The third-order valence-corrected chi connectivity index (χ3v) is 8.74. The number of fused-ring (bicyclic) bond motifs is 2. The number of rotatable bonds is 4. The summed E-state index contributed by atoms with van der Waals surface area (Å²) in [7, 11) is -3.29. The molecule has 3 aromatic rings. The highest BCUT2D eigenvalue weighted by Gasteiger charge is 2.32. The number of carbonyl (C=O) groups is 1. The number of imidazole rings is 1. The SMILES string of the molecule is CS(=O)(=O)N1CCCC(C(=O)Nc2sc3c(c2-c2nc4ccccc4[nH]2)CCCC3)C1. The maximum absolute atomic E-state index is 13.2. The van der Waals surface area contributed by atoms with Crippen molar-refractivity contribution in [1.82, 2.24) is 14.3 Å². The lowest BCUT2D eigenvalue weighted by atomic mass is 9.95. The van der Waals surface area contributed by atoms with Crippen molar-refractivity contribution < 1.29 is 13.2 Å². The van der Waals surface area contributed by atoms with Crippen molar-refractivity contribution in [3.8, 4) is 11.4 Å². The number of amides is 1. The molecule has 1 atom stereocenters. The molecule has 1 aromatic carbocycles. The van der Waals surface area contributed by atoms with Crippen LogP contribution in [0.5, 0.6) is 0 Å². The Balaban J connectivity index is 1.48. The second-order valence-electron chi connectivity index (χ2n) is 8.47. The van der Waals surface area contributed by atoms with Gasteiger partial charge in [0.25, 0.3) is 0 Å². The van der Waals surface area contributed by atoms with Crippen molar-refractivity contribution in [2.75, 3.05) is 24.7 Å². The Morgan fingerprint density at radius 2 is 2.03 bits per heavy atom. The Kier molecular flexibility index (Phi) is 5.35.